The van der Waals surface area contributed by atoms with E-state index in [-0.39, 0.29) is 44.4 Å². The molecule has 1 aromatic carbocycles. The predicted molar refractivity (Wildman–Crippen MR) is 223 cm³/mol. The minimum atomic E-state index is -0.912. The minimum Gasteiger partial charge on any atom is -0.391 e. The van der Waals surface area contributed by atoms with Crippen LogP contribution >= 0.6 is 11.3 Å². The molecule has 0 spiro atoms. The molecule has 1 aromatic heterocycles. The highest BCUT2D eigenvalue weighted by Gasteiger charge is 2.44. The molecule has 0 aliphatic carbocycles. The topological polar surface area (TPSA) is 188 Å². The van der Waals surface area contributed by atoms with Gasteiger partial charge in [-0.1, -0.05) is 45.0 Å². The van der Waals surface area contributed by atoms with E-state index in [9.17, 15) is 19.5 Å². The first-order valence-electron chi connectivity index (χ1n) is 20.9. The van der Waals surface area contributed by atoms with Crippen LogP contribution in [-0.4, -0.2) is 163 Å². The summed E-state index contributed by atoms with van der Waals surface area (Å²) in [7, 11) is 0. The maximum atomic E-state index is 13.9. The van der Waals surface area contributed by atoms with Crippen LogP contribution in [0.2, 0.25) is 0 Å². The van der Waals surface area contributed by atoms with E-state index in [4.69, 9.17) is 33.2 Å². The van der Waals surface area contributed by atoms with Crippen molar-refractivity contribution in [2.24, 2.45) is 5.41 Å². The maximum absolute atomic E-state index is 13.9. The van der Waals surface area contributed by atoms with Crippen molar-refractivity contribution >= 4 is 29.1 Å². The number of rotatable bonds is 28. The van der Waals surface area contributed by atoms with Crippen molar-refractivity contribution < 1.29 is 52.6 Å². The largest absolute Gasteiger partial charge is 0.391 e. The van der Waals surface area contributed by atoms with E-state index in [1.807, 2.05) is 57.5 Å². The molecule has 17 heteroatoms. The second kappa shape index (κ2) is 27.0. The first-order chi connectivity index (χ1) is 28.5. The summed E-state index contributed by atoms with van der Waals surface area (Å²) in [6.07, 6.45) is 1.78. The fraction of sp³-hybridized carbons (Fsp3) is 0.714. The van der Waals surface area contributed by atoms with Gasteiger partial charge in [-0.05, 0) is 49.4 Å². The van der Waals surface area contributed by atoms with Crippen LogP contribution in [0.3, 0.4) is 0 Å². The lowest BCUT2D eigenvalue weighted by atomic mass is 9.85. The number of likely N-dealkylation sites (tertiary alicyclic amines) is 1. The average molecular weight is 850 g/mol. The molecule has 3 heterocycles. The van der Waals surface area contributed by atoms with Crippen LogP contribution in [0.5, 0.6) is 0 Å². The van der Waals surface area contributed by atoms with Gasteiger partial charge in [0, 0.05) is 25.9 Å². The highest BCUT2D eigenvalue weighted by molar-refractivity contribution is 7.13. The molecule has 0 saturated carbocycles. The predicted octanol–water partition coefficient (Wildman–Crippen LogP) is 2.49. The Morgan fingerprint density at radius 3 is 1.92 bits per heavy atom. The number of nitrogens with one attached hydrogen (secondary N) is 3. The average Bonchev–Trinajstić information content (AvgIpc) is 3.84. The molecular formula is C42H67N5O11S. The van der Waals surface area contributed by atoms with Gasteiger partial charge in [0.2, 0.25) is 17.7 Å². The fourth-order valence-corrected chi connectivity index (χ4v) is 7.43. The van der Waals surface area contributed by atoms with Gasteiger partial charge in [-0.15, -0.1) is 11.3 Å². The van der Waals surface area contributed by atoms with Crippen molar-refractivity contribution in [3.8, 4) is 10.4 Å². The van der Waals surface area contributed by atoms with Crippen molar-refractivity contribution in [3.63, 3.8) is 0 Å². The van der Waals surface area contributed by atoms with Gasteiger partial charge < -0.3 is 59.1 Å². The second-order valence-electron chi connectivity index (χ2n) is 15.7. The molecule has 0 unspecified atom stereocenters. The standard InChI is InChI=1S/C42H67N5O11S/c1-31-38(59-30-45-31)33-7-5-32(6-8-33)28-44-40(50)36-27-34(48)29-47(36)41(51)39(42(2,3)4)46-37(49)11-14-52-15-16-53-17-18-54-19-20-55-21-22-56-23-24-57-25-26-58-35-9-12-43-13-10-35/h5-8,30,34-36,39,43,48H,9-29H2,1-4H3,(H,44,50)(H,46,49)/t34-,36+,39-/m1/s1. The summed E-state index contributed by atoms with van der Waals surface area (Å²) in [4.78, 5) is 47.0. The molecule has 4 rings (SSSR count). The molecule has 0 radical (unpaired) electrons. The Balaban J connectivity index is 0.997. The smallest absolute Gasteiger partial charge is 0.246 e. The summed E-state index contributed by atoms with van der Waals surface area (Å²) in [5, 5.41) is 19.6. The van der Waals surface area contributed by atoms with Crippen molar-refractivity contribution in [1.82, 2.24) is 25.8 Å². The third-order valence-electron chi connectivity index (χ3n) is 9.91. The molecule has 16 nitrogen and oxygen atoms in total. The normalized spacial score (nSPS) is 17.9. The number of ether oxygens (including phenoxy) is 7. The van der Waals surface area contributed by atoms with Crippen LogP contribution in [0.25, 0.3) is 10.4 Å². The Morgan fingerprint density at radius 2 is 1.39 bits per heavy atom. The molecule has 3 amide bonds. The lowest BCUT2D eigenvalue weighted by Crippen LogP contribution is -2.57. The molecule has 2 saturated heterocycles. The van der Waals surface area contributed by atoms with Gasteiger partial charge in [0.1, 0.15) is 12.1 Å². The first kappa shape index (κ1) is 48.6. The monoisotopic (exact) mass is 849 g/mol. The van der Waals surface area contributed by atoms with E-state index in [2.05, 4.69) is 20.9 Å². The third-order valence-corrected chi connectivity index (χ3v) is 10.9. The highest BCUT2D eigenvalue weighted by Crippen LogP contribution is 2.28. The SMILES string of the molecule is Cc1ncsc1-c1ccc(CNC(=O)[C@@H]2C[C@@H](O)CN2C(=O)[C@@H](NC(=O)CCOCCOCCOCCOCCOCCOCCOC2CCNCC2)C(C)(C)C)cc1. The highest BCUT2D eigenvalue weighted by atomic mass is 32.1. The number of aryl methyl sites for hydroxylation is 1. The number of hydrogen-bond donors (Lipinski definition) is 4. The number of carbonyl (C=O) groups excluding carboxylic acids is 3. The minimum absolute atomic E-state index is 0.00647. The summed E-state index contributed by atoms with van der Waals surface area (Å²) in [5.74, 6) is -1.12. The molecule has 2 fully saturated rings. The number of β-amino-alcohol motifs (C(OH)–C–C–N with tert-alkyl or cyclic N) is 1. The van der Waals surface area contributed by atoms with Gasteiger partial charge in [-0.2, -0.15) is 0 Å². The number of benzene rings is 1. The van der Waals surface area contributed by atoms with Crippen molar-refractivity contribution in [2.45, 2.75) is 84.2 Å². The van der Waals surface area contributed by atoms with Gasteiger partial charge in [0.25, 0.3) is 0 Å². The summed E-state index contributed by atoms with van der Waals surface area (Å²) < 4.78 is 39.0. The Morgan fingerprint density at radius 1 is 0.847 bits per heavy atom. The summed E-state index contributed by atoms with van der Waals surface area (Å²) >= 11 is 1.58. The number of amides is 3. The van der Waals surface area contributed by atoms with Crippen LogP contribution in [0.4, 0.5) is 0 Å². The molecular weight excluding hydrogens is 783 g/mol. The van der Waals surface area contributed by atoms with E-state index < -0.39 is 29.5 Å². The lowest BCUT2D eigenvalue weighted by Gasteiger charge is -2.35. The molecule has 332 valence electrons. The summed E-state index contributed by atoms with van der Waals surface area (Å²) in [6, 6.07) is 6.12. The zero-order valence-electron chi connectivity index (χ0n) is 35.4. The van der Waals surface area contributed by atoms with E-state index in [1.54, 1.807) is 11.3 Å². The van der Waals surface area contributed by atoms with Gasteiger partial charge in [-0.3, -0.25) is 14.4 Å². The van der Waals surface area contributed by atoms with Crippen LogP contribution < -0.4 is 16.0 Å². The van der Waals surface area contributed by atoms with E-state index >= 15 is 0 Å². The second-order valence-corrected chi connectivity index (χ2v) is 16.5. The van der Waals surface area contributed by atoms with E-state index in [0.29, 0.717) is 85.4 Å². The zero-order valence-corrected chi connectivity index (χ0v) is 36.2. The van der Waals surface area contributed by atoms with Gasteiger partial charge in [0.15, 0.2) is 0 Å². The third kappa shape index (κ3) is 18.2. The van der Waals surface area contributed by atoms with Gasteiger partial charge >= 0.3 is 0 Å². The lowest BCUT2D eigenvalue weighted by molar-refractivity contribution is -0.144. The molecule has 2 aromatic rings. The number of aliphatic hydroxyl groups excluding tert-OH is 1. The number of hydrogen-bond acceptors (Lipinski definition) is 14. The zero-order chi connectivity index (χ0) is 42.3. The Hall–Kier alpha value is -3.10. The van der Waals surface area contributed by atoms with Crippen molar-refractivity contribution in [2.75, 3.05) is 106 Å². The number of piperidine rings is 1. The number of nitrogens with zero attached hydrogens (tertiary/aromatic N) is 2. The van der Waals surface area contributed by atoms with Crippen LogP contribution in [-0.2, 0) is 54.1 Å². The molecule has 2 aliphatic rings. The Bertz CT molecular complexity index is 1500. The Kier molecular flexibility index (Phi) is 22.2. The maximum Gasteiger partial charge on any atom is 0.246 e. The van der Waals surface area contributed by atoms with E-state index in [1.165, 1.54) is 4.90 Å². The van der Waals surface area contributed by atoms with Crippen LogP contribution in [0.1, 0.15) is 57.7 Å². The summed E-state index contributed by atoms with van der Waals surface area (Å²) in [5.41, 5.74) is 4.09. The molecule has 2 aliphatic heterocycles. The number of aromatic nitrogens is 1. The molecule has 4 N–H and O–H groups in total. The van der Waals surface area contributed by atoms with Crippen LogP contribution in [0, 0.1) is 12.3 Å². The number of carbonyl (C=O) groups is 3. The molecule has 3 atom stereocenters. The van der Waals surface area contributed by atoms with Crippen LogP contribution in [0.15, 0.2) is 29.8 Å². The van der Waals surface area contributed by atoms with Gasteiger partial charge in [-0.25, -0.2) is 4.98 Å². The number of aliphatic hydroxyl groups is 1. The molecule has 0 bridgehead atoms. The van der Waals surface area contributed by atoms with Crippen molar-refractivity contribution in [3.05, 3.63) is 41.0 Å². The quantitative estimate of drug-likeness (QED) is 0.0916. The number of thiazole rings is 1. The Labute approximate surface area is 353 Å². The fourth-order valence-electron chi connectivity index (χ4n) is 6.62. The van der Waals surface area contributed by atoms with E-state index in [0.717, 1.165) is 47.6 Å². The van der Waals surface area contributed by atoms with Gasteiger partial charge in [0.05, 0.1) is 114 Å². The van der Waals surface area contributed by atoms with Crippen molar-refractivity contribution in [1.29, 1.82) is 0 Å². The summed E-state index contributed by atoms with van der Waals surface area (Å²) in [6.45, 7) is 15.6. The molecule has 59 heavy (non-hydrogen) atoms. The first-order valence-corrected chi connectivity index (χ1v) is 21.7.